The number of benzene rings is 1. The van der Waals surface area contributed by atoms with Crippen LogP contribution in [0.3, 0.4) is 0 Å². The highest BCUT2D eigenvalue weighted by molar-refractivity contribution is 7.91. The van der Waals surface area contributed by atoms with Crippen LogP contribution in [0.15, 0.2) is 53.1 Å². The van der Waals surface area contributed by atoms with E-state index in [2.05, 4.69) is 10.4 Å². The molecule has 9 nitrogen and oxygen atoms in total. The smallest absolute Gasteiger partial charge is 0.234 e. The van der Waals surface area contributed by atoms with Crippen molar-refractivity contribution in [1.29, 1.82) is 0 Å². The molecule has 0 bridgehead atoms. The first-order valence-corrected chi connectivity index (χ1v) is 12.5. The number of aromatic nitrogens is 3. The molecule has 32 heavy (non-hydrogen) atoms. The van der Waals surface area contributed by atoms with E-state index in [9.17, 15) is 13.2 Å². The molecule has 11 heteroatoms. The van der Waals surface area contributed by atoms with Gasteiger partial charge in [-0.1, -0.05) is 30.3 Å². The van der Waals surface area contributed by atoms with Gasteiger partial charge < -0.3 is 9.73 Å². The molecule has 3 heterocycles. The second-order valence-corrected chi connectivity index (χ2v) is 10.6. The second kappa shape index (κ2) is 9.39. The second-order valence-electron chi connectivity index (χ2n) is 7.98. The van der Waals surface area contributed by atoms with Crippen LogP contribution in [0.2, 0.25) is 0 Å². The van der Waals surface area contributed by atoms with E-state index in [1.54, 1.807) is 29.0 Å². The van der Waals surface area contributed by atoms with Crippen LogP contribution >= 0.6 is 12.2 Å². The van der Waals surface area contributed by atoms with Gasteiger partial charge in [-0.05, 0) is 43.4 Å². The molecule has 1 aliphatic heterocycles. The summed E-state index contributed by atoms with van der Waals surface area (Å²) in [7, 11) is -1.25. The Labute approximate surface area is 191 Å². The molecule has 2 aromatic heterocycles. The van der Waals surface area contributed by atoms with Crippen LogP contribution in [0.5, 0.6) is 0 Å². The van der Waals surface area contributed by atoms with Crippen LogP contribution < -0.4 is 5.32 Å². The molecule has 0 radical (unpaired) electrons. The lowest BCUT2D eigenvalue weighted by Gasteiger charge is -2.18. The number of furan rings is 1. The first-order valence-electron chi connectivity index (χ1n) is 10.2. The molecular formula is C21H25N5O4S2. The molecule has 1 aromatic carbocycles. The summed E-state index contributed by atoms with van der Waals surface area (Å²) in [5, 5.41) is 7.45. The minimum atomic E-state index is -3.04. The van der Waals surface area contributed by atoms with Crippen molar-refractivity contribution < 1.29 is 17.6 Å². The Bertz CT molecular complexity index is 1230. The highest BCUT2D eigenvalue weighted by Gasteiger charge is 2.29. The van der Waals surface area contributed by atoms with Gasteiger partial charge in [0.15, 0.2) is 26.2 Å². The molecule has 1 N–H and O–H groups in total. The fourth-order valence-electron chi connectivity index (χ4n) is 3.74. The number of carbonyl (C=O) groups excluding carboxylic acids is 1. The summed E-state index contributed by atoms with van der Waals surface area (Å²) >= 11 is 5.69. The predicted octanol–water partition coefficient (Wildman–Crippen LogP) is 1.91. The molecule has 1 fully saturated rings. The first kappa shape index (κ1) is 22.4. The maximum atomic E-state index is 12.4. The van der Waals surface area contributed by atoms with Gasteiger partial charge in [0.1, 0.15) is 0 Å². The highest BCUT2D eigenvalue weighted by Crippen LogP contribution is 2.20. The third kappa shape index (κ3) is 5.34. The van der Waals surface area contributed by atoms with Gasteiger partial charge >= 0.3 is 0 Å². The van der Waals surface area contributed by atoms with E-state index >= 15 is 0 Å². The summed E-state index contributed by atoms with van der Waals surface area (Å²) < 4.78 is 32.8. The van der Waals surface area contributed by atoms with Crippen LogP contribution in [-0.2, 0) is 27.8 Å². The van der Waals surface area contributed by atoms with Crippen molar-refractivity contribution in [2.24, 2.45) is 0 Å². The molecule has 3 aromatic rings. The van der Waals surface area contributed by atoms with Gasteiger partial charge in [0.25, 0.3) is 0 Å². The van der Waals surface area contributed by atoms with Gasteiger partial charge in [0.05, 0.1) is 37.5 Å². The molecule has 1 saturated heterocycles. The molecule has 0 aliphatic carbocycles. The van der Waals surface area contributed by atoms with Crippen molar-refractivity contribution in [3.63, 3.8) is 0 Å². The molecule has 4 rings (SSSR count). The third-order valence-electron chi connectivity index (χ3n) is 5.23. The fraction of sp³-hybridized carbons (Fsp3) is 0.381. The Balaban J connectivity index is 1.48. The Kier molecular flexibility index (Phi) is 6.58. The summed E-state index contributed by atoms with van der Waals surface area (Å²) in [5.41, 5.74) is 1.08. The van der Waals surface area contributed by atoms with Gasteiger partial charge in [-0.3, -0.25) is 14.3 Å². The number of hydrogen-bond donors (Lipinski definition) is 1. The Morgan fingerprint density at radius 1 is 1.28 bits per heavy atom. The molecule has 0 spiro atoms. The van der Waals surface area contributed by atoms with Crippen LogP contribution in [0.1, 0.15) is 12.0 Å². The SMILES string of the molecule is CN(CC(=O)NC1CCS(=O)(=O)C1)Cn1nc(-c2ccco2)n(Cc2ccccc2)c1=S. The zero-order valence-electron chi connectivity index (χ0n) is 17.7. The lowest BCUT2D eigenvalue weighted by Crippen LogP contribution is -2.42. The molecule has 0 saturated carbocycles. The number of rotatable bonds is 8. The minimum Gasteiger partial charge on any atom is -0.461 e. The third-order valence-corrected chi connectivity index (χ3v) is 7.43. The molecule has 1 amide bonds. The number of nitrogens with zero attached hydrogens (tertiary/aromatic N) is 4. The number of likely N-dealkylation sites (N-methyl/N-ethyl adjacent to an activating group) is 1. The number of carbonyl (C=O) groups is 1. The maximum Gasteiger partial charge on any atom is 0.234 e. The largest absolute Gasteiger partial charge is 0.461 e. The van der Waals surface area contributed by atoms with Gasteiger partial charge in [-0.25, -0.2) is 13.1 Å². The van der Waals surface area contributed by atoms with Crippen molar-refractivity contribution in [1.82, 2.24) is 24.6 Å². The van der Waals surface area contributed by atoms with Crippen LogP contribution in [0.4, 0.5) is 0 Å². The summed E-state index contributed by atoms with van der Waals surface area (Å²) in [6, 6.07) is 13.2. The predicted molar refractivity (Wildman–Crippen MR) is 122 cm³/mol. The summed E-state index contributed by atoms with van der Waals surface area (Å²) in [6.07, 6.45) is 2.04. The van der Waals surface area contributed by atoms with Gasteiger partial charge in [0.2, 0.25) is 5.91 Å². The summed E-state index contributed by atoms with van der Waals surface area (Å²) in [6.45, 7) is 0.931. The topological polar surface area (TPSA) is 102 Å². The molecule has 1 aliphatic rings. The number of sulfone groups is 1. The standard InChI is InChI=1S/C21H25N5O4S2/c1-24(13-19(27)22-17-9-11-32(28,29)14-17)15-26-21(31)25(12-16-6-3-2-4-7-16)20(23-26)18-8-5-10-30-18/h2-8,10,17H,9,11-15H2,1H3,(H,22,27). The van der Waals surface area contributed by atoms with Crippen molar-refractivity contribution >= 4 is 28.0 Å². The summed E-state index contributed by atoms with van der Waals surface area (Å²) in [4.78, 5) is 14.2. The van der Waals surface area contributed by atoms with Crippen molar-refractivity contribution in [2.75, 3.05) is 25.1 Å². The molecule has 1 unspecified atom stereocenters. The zero-order valence-corrected chi connectivity index (χ0v) is 19.3. The lowest BCUT2D eigenvalue weighted by atomic mass is 10.2. The molecular weight excluding hydrogens is 450 g/mol. The maximum absolute atomic E-state index is 12.4. The Morgan fingerprint density at radius 2 is 2.06 bits per heavy atom. The van der Waals surface area contributed by atoms with Crippen molar-refractivity contribution in [3.8, 4) is 11.6 Å². The zero-order chi connectivity index (χ0) is 22.7. The first-order chi connectivity index (χ1) is 15.3. The van der Waals surface area contributed by atoms with Crippen molar-refractivity contribution in [3.05, 3.63) is 59.1 Å². The number of hydrogen-bond acceptors (Lipinski definition) is 7. The van der Waals surface area contributed by atoms with Gasteiger partial charge in [-0.2, -0.15) is 0 Å². The Morgan fingerprint density at radius 3 is 2.72 bits per heavy atom. The van der Waals surface area contributed by atoms with Gasteiger partial charge in [-0.15, -0.1) is 5.10 Å². The van der Waals surface area contributed by atoms with E-state index in [0.29, 0.717) is 36.0 Å². The van der Waals surface area contributed by atoms with E-state index in [1.165, 1.54) is 0 Å². The minimum absolute atomic E-state index is 0.00388. The van der Waals surface area contributed by atoms with Crippen LogP contribution in [-0.4, -0.2) is 64.7 Å². The van der Waals surface area contributed by atoms with Crippen molar-refractivity contribution in [2.45, 2.75) is 25.7 Å². The Hall–Kier alpha value is -2.76. The fourth-order valence-corrected chi connectivity index (χ4v) is 5.66. The van der Waals surface area contributed by atoms with E-state index in [0.717, 1.165) is 5.56 Å². The van der Waals surface area contributed by atoms with E-state index in [-0.39, 0.29) is 30.0 Å². The lowest BCUT2D eigenvalue weighted by molar-refractivity contribution is -0.122. The average Bonchev–Trinajstić information content (AvgIpc) is 3.45. The number of nitrogens with one attached hydrogen (secondary N) is 1. The highest BCUT2D eigenvalue weighted by atomic mass is 32.2. The number of amides is 1. The van der Waals surface area contributed by atoms with Gasteiger partial charge in [0, 0.05) is 6.04 Å². The average molecular weight is 476 g/mol. The van der Waals surface area contributed by atoms with E-state index in [1.807, 2.05) is 41.0 Å². The monoisotopic (exact) mass is 475 g/mol. The molecule has 170 valence electrons. The van der Waals surface area contributed by atoms with E-state index in [4.69, 9.17) is 16.6 Å². The quantitative estimate of drug-likeness (QED) is 0.497. The normalized spacial score (nSPS) is 17.6. The van der Waals surface area contributed by atoms with Crippen LogP contribution in [0, 0.1) is 4.77 Å². The summed E-state index contributed by atoms with van der Waals surface area (Å²) in [5.74, 6) is 1.11. The van der Waals surface area contributed by atoms with E-state index < -0.39 is 9.84 Å². The van der Waals surface area contributed by atoms with Crippen LogP contribution in [0.25, 0.3) is 11.6 Å². The molecule has 1 atom stereocenters.